The molecule has 1 saturated heterocycles. The van der Waals surface area contributed by atoms with E-state index in [1.54, 1.807) is 6.92 Å². The highest BCUT2D eigenvalue weighted by atomic mass is 19.1. The third-order valence-corrected chi connectivity index (χ3v) is 3.00. The molecule has 3 N–H and O–H groups in total. The first kappa shape index (κ1) is 12.3. The summed E-state index contributed by atoms with van der Waals surface area (Å²) >= 11 is 0. The molecule has 18 heavy (non-hydrogen) atoms. The summed E-state index contributed by atoms with van der Waals surface area (Å²) in [4.78, 5) is 25.1. The lowest BCUT2D eigenvalue weighted by Crippen LogP contribution is -2.55. The molecule has 1 unspecified atom stereocenters. The summed E-state index contributed by atoms with van der Waals surface area (Å²) in [5.41, 5.74) is 5.92. The molecule has 2 rings (SSSR count). The molecule has 2 amide bonds. The van der Waals surface area contributed by atoms with E-state index >= 15 is 0 Å². The molecular formula is C12H14FN3O2. The van der Waals surface area contributed by atoms with Gasteiger partial charge in [-0.25, -0.2) is 4.39 Å². The van der Waals surface area contributed by atoms with Crippen LogP contribution in [0.15, 0.2) is 18.2 Å². The fourth-order valence-electron chi connectivity index (χ4n) is 1.94. The normalized spacial score (nSPS) is 19.6. The van der Waals surface area contributed by atoms with Gasteiger partial charge in [0.05, 0.1) is 5.56 Å². The maximum absolute atomic E-state index is 12.9. The van der Waals surface area contributed by atoms with Crippen molar-refractivity contribution in [2.75, 3.05) is 18.8 Å². The van der Waals surface area contributed by atoms with E-state index in [0.717, 1.165) is 6.07 Å². The number of carbonyl (C=O) groups is 2. The largest absolute Gasteiger partial charge is 0.398 e. The molecule has 0 saturated carbocycles. The highest BCUT2D eigenvalue weighted by Crippen LogP contribution is 2.18. The molecule has 0 aromatic heterocycles. The Morgan fingerprint density at radius 3 is 2.94 bits per heavy atom. The topological polar surface area (TPSA) is 75.4 Å². The van der Waals surface area contributed by atoms with Crippen molar-refractivity contribution in [3.05, 3.63) is 29.6 Å². The van der Waals surface area contributed by atoms with Crippen LogP contribution < -0.4 is 11.1 Å². The number of nitrogen functional groups attached to an aromatic ring is 1. The zero-order chi connectivity index (χ0) is 13.3. The zero-order valence-electron chi connectivity index (χ0n) is 9.94. The first-order valence-corrected chi connectivity index (χ1v) is 5.64. The lowest BCUT2D eigenvalue weighted by molar-refractivity contribution is -0.127. The Morgan fingerprint density at radius 2 is 2.28 bits per heavy atom. The van der Waals surface area contributed by atoms with Gasteiger partial charge in [0.1, 0.15) is 11.9 Å². The minimum absolute atomic E-state index is 0.0816. The molecule has 6 heteroatoms. The molecule has 0 bridgehead atoms. The van der Waals surface area contributed by atoms with Crippen molar-refractivity contribution in [2.45, 2.75) is 13.0 Å². The second-order valence-corrected chi connectivity index (χ2v) is 4.20. The molecule has 1 aliphatic heterocycles. The second kappa shape index (κ2) is 4.64. The predicted molar refractivity (Wildman–Crippen MR) is 64.3 cm³/mol. The van der Waals surface area contributed by atoms with Gasteiger partial charge in [0.25, 0.3) is 5.91 Å². The van der Waals surface area contributed by atoms with Crippen LogP contribution in [0.3, 0.4) is 0 Å². The van der Waals surface area contributed by atoms with Crippen molar-refractivity contribution >= 4 is 17.5 Å². The number of amides is 2. The van der Waals surface area contributed by atoms with Crippen molar-refractivity contribution < 1.29 is 14.0 Å². The summed E-state index contributed by atoms with van der Waals surface area (Å²) in [6.45, 7) is 2.48. The van der Waals surface area contributed by atoms with Crippen molar-refractivity contribution in [2.24, 2.45) is 0 Å². The van der Waals surface area contributed by atoms with Gasteiger partial charge < -0.3 is 16.0 Å². The van der Waals surface area contributed by atoms with Gasteiger partial charge in [-0.1, -0.05) is 0 Å². The number of nitrogens with zero attached hydrogens (tertiary/aromatic N) is 1. The van der Waals surface area contributed by atoms with Crippen LogP contribution in [0.4, 0.5) is 10.1 Å². The van der Waals surface area contributed by atoms with Gasteiger partial charge in [0.2, 0.25) is 5.91 Å². The number of hydrogen-bond acceptors (Lipinski definition) is 3. The second-order valence-electron chi connectivity index (χ2n) is 4.20. The van der Waals surface area contributed by atoms with Crippen molar-refractivity contribution in [1.82, 2.24) is 10.2 Å². The molecule has 1 aromatic carbocycles. The van der Waals surface area contributed by atoms with Crippen LogP contribution in [-0.2, 0) is 4.79 Å². The average molecular weight is 251 g/mol. The summed E-state index contributed by atoms with van der Waals surface area (Å²) < 4.78 is 12.9. The molecule has 1 aromatic rings. The lowest BCUT2D eigenvalue weighted by Gasteiger charge is -2.33. The third-order valence-electron chi connectivity index (χ3n) is 3.00. The average Bonchev–Trinajstić information content (AvgIpc) is 2.32. The highest BCUT2D eigenvalue weighted by Gasteiger charge is 2.30. The van der Waals surface area contributed by atoms with Gasteiger partial charge in [-0.2, -0.15) is 0 Å². The molecule has 5 nitrogen and oxygen atoms in total. The summed E-state index contributed by atoms with van der Waals surface area (Å²) in [7, 11) is 0. The minimum Gasteiger partial charge on any atom is -0.398 e. The molecular weight excluding hydrogens is 237 g/mol. The molecule has 0 radical (unpaired) electrons. The number of nitrogens with two attached hydrogens (primary N) is 1. The Hall–Kier alpha value is -2.11. The summed E-state index contributed by atoms with van der Waals surface area (Å²) in [6, 6.07) is 3.07. The predicted octanol–water partition coefficient (Wildman–Crippen LogP) is 0.368. The third kappa shape index (κ3) is 2.13. The van der Waals surface area contributed by atoms with Crippen LogP contribution in [0.2, 0.25) is 0 Å². The Kier molecular flexibility index (Phi) is 3.18. The van der Waals surface area contributed by atoms with Crippen LogP contribution in [0, 0.1) is 5.82 Å². The Balaban J connectivity index is 2.28. The monoisotopic (exact) mass is 251 g/mol. The fraction of sp³-hybridized carbons (Fsp3) is 0.333. The van der Waals surface area contributed by atoms with Gasteiger partial charge in [0, 0.05) is 18.8 Å². The van der Waals surface area contributed by atoms with Crippen LogP contribution in [0.1, 0.15) is 17.3 Å². The number of carbonyl (C=O) groups excluding carboxylic acids is 2. The van der Waals surface area contributed by atoms with E-state index < -0.39 is 11.9 Å². The van der Waals surface area contributed by atoms with Crippen molar-refractivity contribution in [3.63, 3.8) is 0 Å². The number of nitrogens with one attached hydrogen (secondary N) is 1. The maximum Gasteiger partial charge on any atom is 0.256 e. The van der Waals surface area contributed by atoms with Gasteiger partial charge in [-0.3, -0.25) is 9.59 Å². The summed E-state index contributed by atoms with van der Waals surface area (Å²) in [5, 5.41) is 2.67. The maximum atomic E-state index is 12.9. The van der Waals surface area contributed by atoms with E-state index in [9.17, 15) is 14.0 Å². The fourth-order valence-corrected chi connectivity index (χ4v) is 1.94. The minimum atomic E-state index is -0.546. The smallest absolute Gasteiger partial charge is 0.256 e. The van der Waals surface area contributed by atoms with Crippen LogP contribution in [0.5, 0.6) is 0 Å². The van der Waals surface area contributed by atoms with Crippen molar-refractivity contribution in [3.8, 4) is 0 Å². The zero-order valence-corrected chi connectivity index (χ0v) is 9.94. The molecule has 96 valence electrons. The van der Waals surface area contributed by atoms with Gasteiger partial charge in [-0.05, 0) is 25.1 Å². The van der Waals surface area contributed by atoms with Crippen LogP contribution >= 0.6 is 0 Å². The quantitative estimate of drug-likeness (QED) is 0.708. The highest BCUT2D eigenvalue weighted by molar-refractivity contribution is 6.01. The number of halogens is 1. The molecule has 1 fully saturated rings. The van der Waals surface area contributed by atoms with Crippen LogP contribution in [0.25, 0.3) is 0 Å². The summed E-state index contributed by atoms with van der Waals surface area (Å²) in [6.07, 6.45) is 0. The molecule has 1 heterocycles. The number of benzene rings is 1. The number of piperazine rings is 1. The van der Waals surface area contributed by atoms with E-state index in [1.807, 2.05) is 0 Å². The molecule has 0 spiro atoms. The Labute approximate surface area is 104 Å². The molecule has 1 aliphatic rings. The van der Waals surface area contributed by atoms with Crippen molar-refractivity contribution in [1.29, 1.82) is 0 Å². The molecule has 0 aliphatic carbocycles. The Morgan fingerprint density at radius 1 is 1.56 bits per heavy atom. The number of hydrogen-bond donors (Lipinski definition) is 2. The number of anilines is 1. The van der Waals surface area contributed by atoms with Gasteiger partial charge >= 0.3 is 0 Å². The lowest BCUT2D eigenvalue weighted by atomic mass is 10.1. The van der Waals surface area contributed by atoms with Gasteiger partial charge in [-0.15, -0.1) is 0 Å². The van der Waals surface area contributed by atoms with Crippen LogP contribution in [-0.4, -0.2) is 35.8 Å². The first-order chi connectivity index (χ1) is 8.50. The standard InChI is InChI=1S/C12H14FN3O2/c1-7-11(17)15-4-5-16(7)12(18)9-3-2-8(13)6-10(9)14/h2-3,6-7H,4-5,14H2,1H3,(H,15,17). The molecule has 1 atom stereocenters. The first-order valence-electron chi connectivity index (χ1n) is 5.64. The summed E-state index contributed by atoms with van der Waals surface area (Å²) in [5.74, 6) is -1.04. The SMILES string of the molecule is CC1C(=O)NCCN1C(=O)c1ccc(F)cc1N. The van der Waals surface area contributed by atoms with Gasteiger partial charge in [0.15, 0.2) is 0 Å². The Bertz CT molecular complexity index is 504. The van der Waals surface area contributed by atoms with E-state index in [0.29, 0.717) is 13.1 Å². The van der Waals surface area contributed by atoms with E-state index in [1.165, 1.54) is 17.0 Å². The number of rotatable bonds is 1. The van der Waals surface area contributed by atoms with E-state index in [-0.39, 0.29) is 23.1 Å². The van der Waals surface area contributed by atoms with E-state index in [4.69, 9.17) is 5.73 Å². The van der Waals surface area contributed by atoms with E-state index in [2.05, 4.69) is 5.32 Å².